The summed E-state index contributed by atoms with van der Waals surface area (Å²) in [5, 5.41) is 52.2. The Morgan fingerprint density at radius 2 is 0.828 bits per heavy atom. The number of rotatable bonds is 1. The molecule has 29 heavy (non-hydrogen) atoms. The van der Waals surface area contributed by atoms with Crippen molar-refractivity contribution in [2.24, 2.45) is 0 Å². The number of para-hydroxylation sites is 2. The van der Waals surface area contributed by atoms with E-state index in [0.29, 0.717) is 6.26 Å². The molecule has 0 aliphatic heterocycles. The van der Waals surface area contributed by atoms with E-state index in [1.165, 1.54) is 43.3 Å². The second kappa shape index (κ2) is 12.5. The molecule has 0 aliphatic carbocycles. The zero-order chi connectivity index (χ0) is 23.4. The molecular formula is C15H22O12S2. The third-order valence-electron chi connectivity index (χ3n) is 2.35. The fourth-order valence-electron chi connectivity index (χ4n) is 1.04. The Hall–Kier alpha value is -2.94. The van der Waals surface area contributed by atoms with E-state index in [2.05, 4.69) is 0 Å². The lowest BCUT2D eigenvalue weighted by Gasteiger charge is -1.96. The summed E-state index contributed by atoms with van der Waals surface area (Å²) in [6, 6.07) is 8.02. The van der Waals surface area contributed by atoms with Crippen LogP contribution in [0.1, 0.15) is 6.92 Å². The van der Waals surface area contributed by atoms with E-state index in [4.69, 9.17) is 39.7 Å². The van der Waals surface area contributed by atoms with Crippen LogP contribution >= 0.6 is 0 Å². The highest BCUT2D eigenvalue weighted by molar-refractivity contribution is 7.85. The van der Waals surface area contributed by atoms with Crippen molar-refractivity contribution in [2.75, 3.05) is 12.0 Å². The van der Waals surface area contributed by atoms with E-state index in [1.54, 1.807) is 0 Å². The van der Waals surface area contributed by atoms with Crippen molar-refractivity contribution in [1.82, 2.24) is 0 Å². The number of aromatic hydroxyl groups is 6. The predicted molar refractivity (Wildman–Crippen MR) is 102 cm³/mol. The second-order valence-electron chi connectivity index (χ2n) is 4.89. The summed E-state index contributed by atoms with van der Waals surface area (Å²) in [5.41, 5.74) is 0. The third kappa shape index (κ3) is 16.9. The van der Waals surface area contributed by atoms with Crippen molar-refractivity contribution in [2.45, 2.75) is 6.92 Å². The fraction of sp³-hybridized carbons (Fsp3) is 0.200. The Morgan fingerprint density at radius 3 is 0.931 bits per heavy atom. The minimum atomic E-state index is -3.67. The van der Waals surface area contributed by atoms with Crippen LogP contribution in [-0.2, 0) is 20.2 Å². The molecule has 0 saturated heterocycles. The first-order valence-electron chi connectivity index (χ1n) is 7.27. The van der Waals surface area contributed by atoms with Gasteiger partial charge in [0, 0.05) is 0 Å². The van der Waals surface area contributed by atoms with Gasteiger partial charge < -0.3 is 30.6 Å². The van der Waals surface area contributed by atoms with Crippen molar-refractivity contribution in [3.8, 4) is 34.5 Å². The van der Waals surface area contributed by atoms with Gasteiger partial charge in [-0.3, -0.25) is 9.11 Å². The monoisotopic (exact) mass is 458 g/mol. The number of phenolic OH excluding ortho intramolecular Hbond substituents is 6. The molecule has 0 bridgehead atoms. The first-order chi connectivity index (χ1) is 13.0. The van der Waals surface area contributed by atoms with Crippen molar-refractivity contribution in [3.63, 3.8) is 0 Å². The standard InChI is InChI=1S/2C6H6O3.C2H6O3S.CH4O3S/c2*7-4-2-1-3-5(8)6(4)9;1-2-6(3,4)5;1-5(2,3)4/h2*1-3,7-9H;2H2,1H3,(H,3,4,5);1H3,(H,2,3,4). The minimum Gasteiger partial charge on any atom is -0.504 e. The smallest absolute Gasteiger partial charge is 0.264 e. The van der Waals surface area contributed by atoms with Crippen LogP contribution in [0.3, 0.4) is 0 Å². The minimum absolute atomic E-state index is 0.201. The molecule has 2 aromatic rings. The Bertz CT molecular complexity index is 871. The lowest BCUT2D eigenvalue weighted by molar-refractivity contribution is 0.368. The number of phenols is 6. The van der Waals surface area contributed by atoms with Gasteiger partial charge in [-0.1, -0.05) is 12.1 Å². The fourth-order valence-corrected chi connectivity index (χ4v) is 1.04. The number of hydrogen-bond acceptors (Lipinski definition) is 10. The Balaban J connectivity index is 0. The van der Waals surface area contributed by atoms with E-state index in [9.17, 15) is 16.8 Å². The summed E-state index contributed by atoms with van der Waals surface area (Å²) in [6.07, 6.45) is 0.715. The van der Waals surface area contributed by atoms with Crippen LogP contribution in [0.4, 0.5) is 0 Å². The molecule has 2 rings (SSSR count). The van der Waals surface area contributed by atoms with Crippen LogP contribution < -0.4 is 0 Å². The summed E-state index contributed by atoms with van der Waals surface area (Å²) in [4.78, 5) is 0. The molecule has 166 valence electrons. The molecule has 12 nitrogen and oxygen atoms in total. The van der Waals surface area contributed by atoms with Gasteiger partial charge in [-0.25, -0.2) is 0 Å². The maximum absolute atomic E-state index is 9.56. The van der Waals surface area contributed by atoms with Crippen LogP contribution in [0.2, 0.25) is 0 Å². The Morgan fingerprint density at radius 1 is 0.655 bits per heavy atom. The van der Waals surface area contributed by atoms with Crippen LogP contribution in [0.5, 0.6) is 34.5 Å². The van der Waals surface area contributed by atoms with Crippen LogP contribution in [0.15, 0.2) is 36.4 Å². The van der Waals surface area contributed by atoms with Gasteiger partial charge in [0.25, 0.3) is 20.2 Å². The molecule has 2 aromatic carbocycles. The van der Waals surface area contributed by atoms with E-state index in [0.717, 1.165) is 0 Å². The molecule has 0 heterocycles. The maximum Gasteiger partial charge on any atom is 0.264 e. The molecule has 0 aromatic heterocycles. The van der Waals surface area contributed by atoms with Gasteiger partial charge >= 0.3 is 0 Å². The largest absolute Gasteiger partial charge is 0.504 e. The zero-order valence-electron chi connectivity index (χ0n) is 15.2. The predicted octanol–water partition coefficient (Wildman–Crippen LogP) is 1.00. The van der Waals surface area contributed by atoms with E-state index >= 15 is 0 Å². The maximum atomic E-state index is 9.56. The molecule has 0 saturated carbocycles. The van der Waals surface area contributed by atoms with Crippen LogP contribution in [0.25, 0.3) is 0 Å². The van der Waals surface area contributed by atoms with Crippen molar-refractivity contribution in [1.29, 1.82) is 0 Å². The topological polar surface area (TPSA) is 230 Å². The highest BCUT2D eigenvalue weighted by Gasteiger charge is 2.01. The van der Waals surface area contributed by atoms with E-state index < -0.39 is 31.7 Å². The molecule has 0 fully saturated rings. The highest BCUT2D eigenvalue weighted by atomic mass is 32.2. The van der Waals surface area contributed by atoms with Crippen molar-refractivity contribution >= 4 is 20.2 Å². The number of benzene rings is 2. The molecule has 0 radical (unpaired) electrons. The van der Waals surface area contributed by atoms with Crippen LogP contribution in [0, 0.1) is 0 Å². The molecular weight excluding hydrogens is 436 g/mol. The summed E-state index contributed by atoms with van der Waals surface area (Å²) >= 11 is 0. The van der Waals surface area contributed by atoms with Crippen molar-refractivity contribution < 1.29 is 56.6 Å². The molecule has 14 heteroatoms. The van der Waals surface area contributed by atoms with Gasteiger partial charge in [0.15, 0.2) is 34.5 Å². The molecule has 0 amide bonds. The van der Waals surface area contributed by atoms with Gasteiger partial charge in [0.05, 0.1) is 12.0 Å². The third-order valence-corrected chi connectivity index (χ3v) is 3.08. The average molecular weight is 458 g/mol. The second-order valence-corrected chi connectivity index (χ2v) is 8.10. The summed E-state index contributed by atoms with van der Waals surface area (Å²) in [6.45, 7) is 1.37. The van der Waals surface area contributed by atoms with Crippen LogP contribution in [-0.4, -0.2) is 68.6 Å². The van der Waals surface area contributed by atoms with Gasteiger partial charge in [0.2, 0.25) is 0 Å². The van der Waals surface area contributed by atoms with Crippen molar-refractivity contribution in [3.05, 3.63) is 36.4 Å². The van der Waals surface area contributed by atoms with Gasteiger partial charge in [-0.15, -0.1) is 0 Å². The highest BCUT2D eigenvalue weighted by Crippen LogP contribution is 2.33. The average Bonchev–Trinajstić information content (AvgIpc) is 2.56. The van der Waals surface area contributed by atoms with E-state index in [-0.39, 0.29) is 28.8 Å². The SMILES string of the molecule is CCS(=O)(=O)O.CS(=O)(=O)O.Oc1cccc(O)c1O.Oc1cccc(O)c1O. The first kappa shape index (κ1) is 28.3. The molecule has 0 spiro atoms. The molecule has 0 atom stereocenters. The van der Waals surface area contributed by atoms with Gasteiger partial charge in [-0.05, 0) is 31.2 Å². The quantitative estimate of drug-likeness (QED) is 0.221. The first-order valence-corrected chi connectivity index (χ1v) is 10.7. The Kier molecular flexibility index (Phi) is 12.2. The van der Waals surface area contributed by atoms with E-state index in [1.807, 2.05) is 0 Å². The van der Waals surface area contributed by atoms with Gasteiger partial charge in [0.1, 0.15) is 0 Å². The van der Waals surface area contributed by atoms with Gasteiger partial charge in [-0.2, -0.15) is 16.8 Å². The lowest BCUT2D eigenvalue weighted by atomic mass is 10.3. The zero-order valence-corrected chi connectivity index (χ0v) is 16.8. The number of hydrogen-bond donors (Lipinski definition) is 8. The molecule has 0 unspecified atom stereocenters. The molecule has 8 N–H and O–H groups in total. The molecule has 0 aliphatic rings. The normalized spacial score (nSPS) is 10.2. The summed E-state index contributed by atoms with van der Waals surface area (Å²) in [7, 11) is -7.33. The summed E-state index contributed by atoms with van der Waals surface area (Å²) < 4.78 is 52.8. The lowest BCUT2D eigenvalue weighted by Crippen LogP contribution is -1.97. The summed E-state index contributed by atoms with van der Waals surface area (Å²) in [5.74, 6) is -2.39. The Labute approximate surface area is 167 Å².